The predicted octanol–water partition coefficient (Wildman–Crippen LogP) is 4.48. The van der Waals surface area contributed by atoms with Crippen LogP contribution in [0.15, 0.2) is 67.0 Å². The van der Waals surface area contributed by atoms with Crippen molar-refractivity contribution in [2.24, 2.45) is 0 Å². The van der Waals surface area contributed by atoms with Gasteiger partial charge in [0.15, 0.2) is 5.60 Å². The van der Waals surface area contributed by atoms with E-state index in [4.69, 9.17) is 0 Å². The largest absolute Gasteiger partial charge is 0.375 e. The molecule has 6 rings (SSSR count). The molecule has 0 saturated carbocycles. The second-order valence-electron chi connectivity index (χ2n) is 12.0. The molecule has 4 aromatic rings. The Balaban J connectivity index is 1.20. The molecule has 44 heavy (non-hydrogen) atoms. The van der Waals surface area contributed by atoms with Crippen LogP contribution < -0.4 is 0 Å². The summed E-state index contributed by atoms with van der Waals surface area (Å²) in [7, 11) is 3.84. The van der Waals surface area contributed by atoms with Crippen LogP contribution in [-0.4, -0.2) is 78.7 Å². The Kier molecular flexibility index (Phi) is 8.08. The van der Waals surface area contributed by atoms with Crippen LogP contribution in [0.1, 0.15) is 73.5 Å². The van der Waals surface area contributed by atoms with E-state index >= 15 is 0 Å². The van der Waals surface area contributed by atoms with E-state index in [1.54, 1.807) is 23.4 Å². The van der Waals surface area contributed by atoms with Crippen molar-refractivity contribution in [3.05, 3.63) is 95.6 Å². The number of aromatic nitrogens is 4. The van der Waals surface area contributed by atoms with Gasteiger partial charge in [-0.3, -0.25) is 14.5 Å². The number of imidazole rings is 2. The number of carbonyl (C=O) groups is 2. The first-order chi connectivity index (χ1) is 21.2. The summed E-state index contributed by atoms with van der Waals surface area (Å²) in [5, 5.41) is 11.1. The van der Waals surface area contributed by atoms with Gasteiger partial charge in [0.2, 0.25) is 5.91 Å². The Hall–Kier alpha value is -4.35. The molecule has 0 radical (unpaired) electrons. The van der Waals surface area contributed by atoms with Gasteiger partial charge in [0, 0.05) is 18.7 Å². The van der Waals surface area contributed by atoms with E-state index in [0.717, 1.165) is 30.5 Å². The van der Waals surface area contributed by atoms with Crippen LogP contribution in [0.5, 0.6) is 0 Å². The van der Waals surface area contributed by atoms with Crippen molar-refractivity contribution < 1.29 is 19.1 Å². The standard InChI is InChI=1S/C33H38FN7O3/c1-33(44,22-13-7-8-14-23(22)34)32(43)41-18-10-16-27(41)30-36-20-25(38-30)24-19-35-29(37-24)26-15-9-17-40(26)31(42)28(39(2)3)21-11-5-4-6-12-21/h4-8,11-14,19-20,26-28,44H,9-10,15-18H2,1-3H3,(H,35,37)(H,36,38)/t26-,27-,28+,33-/m0/s1. The number of H-pyrrole nitrogens is 2. The maximum absolute atomic E-state index is 14.5. The quantitative estimate of drug-likeness (QED) is 0.275. The normalized spacial score (nSPS) is 20.7. The van der Waals surface area contributed by atoms with Gasteiger partial charge in [-0.15, -0.1) is 0 Å². The van der Waals surface area contributed by atoms with Crippen LogP contribution in [0, 0.1) is 5.82 Å². The highest BCUT2D eigenvalue weighted by Gasteiger charge is 2.43. The van der Waals surface area contributed by atoms with Gasteiger partial charge in [-0.05, 0) is 58.3 Å². The SMILES string of the molecule is CN(C)[C@@H](C(=O)N1CCC[C@H]1c1ncc(-c2cnc([C@@H]3CCCN3C(=O)[C@@](C)(O)c3ccccc3F)[nH]2)[nH]1)c1ccccc1. The molecule has 0 bridgehead atoms. The molecule has 2 aliphatic rings. The van der Waals surface area contributed by atoms with Crippen LogP contribution >= 0.6 is 0 Å². The summed E-state index contributed by atoms with van der Waals surface area (Å²) in [6, 6.07) is 14.6. The van der Waals surface area contributed by atoms with Gasteiger partial charge in [0.25, 0.3) is 5.91 Å². The van der Waals surface area contributed by atoms with Crippen LogP contribution in [0.25, 0.3) is 11.4 Å². The molecule has 2 aromatic carbocycles. The number of aromatic amines is 2. The summed E-state index contributed by atoms with van der Waals surface area (Å²) in [4.78, 5) is 48.7. The summed E-state index contributed by atoms with van der Waals surface area (Å²) in [5.41, 5.74) is 0.303. The molecule has 2 saturated heterocycles. The number of aliphatic hydroxyl groups is 1. The number of nitrogens with zero attached hydrogens (tertiary/aromatic N) is 5. The zero-order valence-corrected chi connectivity index (χ0v) is 25.2. The number of likely N-dealkylation sites (N-methyl/N-ethyl adjacent to an activating group) is 1. The first-order valence-electron chi connectivity index (χ1n) is 15.1. The first-order valence-corrected chi connectivity index (χ1v) is 15.1. The summed E-state index contributed by atoms with van der Waals surface area (Å²) in [5.74, 6) is 0.149. The molecule has 2 aliphatic heterocycles. The molecule has 0 spiro atoms. The molecule has 4 heterocycles. The topological polar surface area (TPSA) is 121 Å². The molecular formula is C33H38FN7O3. The van der Waals surface area contributed by atoms with Crippen molar-refractivity contribution in [1.82, 2.24) is 34.6 Å². The fraction of sp³-hybridized carbons (Fsp3) is 0.394. The summed E-state index contributed by atoms with van der Waals surface area (Å²) >= 11 is 0. The third-order valence-corrected chi connectivity index (χ3v) is 8.84. The van der Waals surface area contributed by atoms with E-state index in [2.05, 4.69) is 19.9 Å². The summed E-state index contributed by atoms with van der Waals surface area (Å²) < 4.78 is 14.5. The third kappa shape index (κ3) is 5.41. The van der Waals surface area contributed by atoms with E-state index in [-0.39, 0.29) is 23.6 Å². The first kappa shape index (κ1) is 29.7. The average Bonchev–Trinajstić information content (AvgIpc) is 3.83. The smallest absolute Gasteiger partial charge is 0.259 e. The van der Waals surface area contributed by atoms with Crippen molar-refractivity contribution in [2.45, 2.75) is 56.3 Å². The van der Waals surface area contributed by atoms with E-state index < -0.39 is 23.4 Å². The zero-order valence-electron chi connectivity index (χ0n) is 25.2. The molecule has 0 unspecified atom stereocenters. The molecule has 3 N–H and O–H groups in total. The number of benzene rings is 2. The molecule has 2 amide bonds. The van der Waals surface area contributed by atoms with Gasteiger partial charge >= 0.3 is 0 Å². The molecule has 230 valence electrons. The van der Waals surface area contributed by atoms with E-state index in [0.29, 0.717) is 36.9 Å². The van der Waals surface area contributed by atoms with Gasteiger partial charge in [-0.2, -0.15) is 0 Å². The Bertz CT molecular complexity index is 1630. The van der Waals surface area contributed by atoms with Crippen molar-refractivity contribution >= 4 is 11.8 Å². The minimum Gasteiger partial charge on any atom is -0.375 e. The van der Waals surface area contributed by atoms with Gasteiger partial charge in [-0.1, -0.05) is 48.5 Å². The molecule has 2 aromatic heterocycles. The Morgan fingerprint density at radius 2 is 1.45 bits per heavy atom. The minimum absolute atomic E-state index is 0.0442. The van der Waals surface area contributed by atoms with E-state index in [1.165, 1.54) is 25.1 Å². The zero-order chi connectivity index (χ0) is 31.0. The van der Waals surface area contributed by atoms with Crippen LogP contribution in [0.4, 0.5) is 4.39 Å². The number of likely N-dealkylation sites (tertiary alicyclic amines) is 2. The van der Waals surface area contributed by atoms with Gasteiger partial charge < -0.3 is 24.9 Å². The van der Waals surface area contributed by atoms with Crippen LogP contribution in [0.2, 0.25) is 0 Å². The Morgan fingerprint density at radius 1 is 0.909 bits per heavy atom. The number of halogens is 1. The Morgan fingerprint density at radius 3 is 2.05 bits per heavy atom. The summed E-state index contributed by atoms with van der Waals surface area (Å²) in [6.07, 6.45) is 6.51. The second-order valence-corrected chi connectivity index (χ2v) is 12.0. The van der Waals surface area contributed by atoms with Gasteiger partial charge in [0.05, 0.1) is 35.9 Å². The van der Waals surface area contributed by atoms with Crippen molar-refractivity contribution in [2.75, 3.05) is 27.2 Å². The van der Waals surface area contributed by atoms with E-state index in [1.807, 2.05) is 54.2 Å². The highest BCUT2D eigenvalue weighted by Crippen LogP contribution is 2.37. The lowest BCUT2D eigenvalue weighted by Gasteiger charge is -2.31. The number of amides is 2. The molecular weight excluding hydrogens is 561 g/mol. The highest BCUT2D eigenvalue weighted by atomic mass is 19.1. The highest BCUT2D eigenvalue weighted by molar-refractivity contribution is 5.86. The number of hydrogen-bond donors (Lipinski definition) is 3. The minimum atomic E-state index is -2.02. The Labute approximate surface area is 255 Å². The maximum Gasteiger partial charge on any atom is 0.259 e. The molecule has 11 heteroatoms. The van der Waals surface area contributed by atoms with Crippen molar-refractivity contribution in [3.63, 3.8) is 0 Å². The molecule has 10 nitrogen and oxygen atoms in total. The fourth-order valence-electron chi connectivity index (χ4n) is 6.60. The summed E-state index contributed by atoms with van der Waals surface area (Å²) in [6.45, 7) is 2.42. The fourth-order valence-corrected chi connectivity index (χ4v) is 6.60. The monoisotopic (exact) mass is 599 g/mol. The number of rotatable bonds is 8. The lowest BCUT2D eigenvalue weighted by Crippen LogP contribution is -2.45. The number of hydrogen-bond acceptors (Lipinski definition) is 6. The second kappa shape index (κ2) is 12.0. The lowest BCUT2D eigenvalue weighted by atomic mass is 9.93. The van der Waals surface area contributed by atoms with E-state index in [9.17, 15) is 19.1 Å². The predicted molar refractivity (Wildman–Crippen MR) is 162 cm³/mol. The molecule has 2 fully saturated rings. The van der Waals surface area contributed by atoms with Crippen molar-refractivity contribution in [1.29, 1.82) is 0 Å². The van der Waals surface area contributed by atoms with Gasteiger partial charge in [-0.25, -0.2) is 14.4 Å². The number of nitrogens with one attached hydrogen (secondary N) is 2. The third-order valence-electron chi connectivity index (χ3n) is 8.84. The number of carbonyl (C=O) groups excluding carboxylic acids is 2. The average molecular weight is 600 g/mol. The maximum atomic E-state index is 14.5. The molecule has 0 aliphatic carbocycles. The lowest BCUT2D eigenvalue weighted by molar-refractivity contribution is -0.152. The molecule has 4 atom stereocenters. The van der Waals surface area contributed by atoms with Crippen molar-refractivity contribution in [3.8, 4) is 11.4 Å². The van der Waals surface area contributed by atoms with Crippen LogP contribution in [-0.2, 0) is 15.2 Å². The van der Waals surface area contributed by atoms with Gasteiger partial charge in [0.1, 0.15) is 23.5 Å². The van der Waals surface area contributed by atoms with Crippen LogP contribution in [0.3, 0.4) is 0 Å².